The predicted molar refractivity (Wildman–Crippen MR) is 88.8 cm³/mol. The molecule has 23 heavy (non-hydrogen) atoms. The van der Waals surface area contributed by atoms with Gasteiger partial charge in [0.15, 0.2) is 0 Å². The Balaban J connectivity index is 1.64. The lowest BCUT2D eigenvalue weighted by Gasteiger charge is -2.25. The van der Waals surface area contributed by atoms with Crippen molar-refractivity contribution in [3.8, 4) is 0 Å². The molecule has 2 aliphatic rings. The van der Waals surface area contributed by atoms with Gasteiger partial charge in [-0.05, 0) is 31.4 Å². The van der Waals surface area contributed by atoms with E-state index in [4.69, 9.17) is 0 Å². The molecule has 0 saturated carbocycles. The minimum Gasteiger partial charge on any atom is -0.347 e. The van der Waals surface area contributed by atoms with Crippen molar-refractivity contribution in [3.05, 3.63) is 35.9 Å². The van der Waals surface area contributed by atoms with Crippen molar-refractivity contribution in [2.24, 2.45) is 0 Å². The number of benzene rings is 1. The Morgan fingerprint density at radius 2 is 2.13 bits per heavy atom. The maximum Gasteiger partial charge on any atom is 0.222 e. The van der Waals surface area contributed by atoms with Crippen molar-refractivity contribution in [3.63, 3.8) is 0 Å². The summed E-state index contributed by atoms with van der Waals surface area (Å²) in [5.74, 6) is 0.252. The van der Waals surface area contributed by atoms with Crippen molar-refractivity contribution >= 4 is 11.8 Å². The van der Waals surface area contributed by atoms with Crippen LogP contribution in [0.5, 0.6) is 0 Å². The van der Waals surface area contributed by atoms with Gasteiger partial charge < -0.3 is 15.5 Å². The van der Waals surface area contributed by atoms with Crippen LogP contribution in [0.4, 0.5) is 0 Å². The first-order valence-corrected chi connectivity index (χ1v) is 8.58. The van der Waals surface area contributed by atoms with E-state index in [0.29, 0.717) is 25.4 Å². The van der Waals surface area contributed by atoms with Crippen LogP contribution in [-0.2, 0) is 9.59 Å². The number of likely N-dealkylation sites (tertiary alicyclic amines) is 1. The van der Waals surface area contributed by atoms with E-state index in [1.165, 1.54) is 0 Å². The highest BCUT2D eigenvalue weighted by Crippen LogP contribution is 2.19. The summed E-state index contributed by atoms with van der Waals surface area (Å²) in [6.07, 6.45) is 4.26. The molecule has 0 aromatic heterocycles. The minimum atomic E-state index is -0.132. The SMILES string of the molecule is O=C(CC1CCCN1)NC(CN1CCCC1=O)c1ccccc1. The molecule has 2 aliphatic heterocycles. The molecular formula is C18H25N3O2. The van der Waals surface area contributed by atoms with Crippen molar-refractivity contribution in [1.29, 1.82) is 0 Å². The largest absolute Gasteiger partial charge is 0.347 e. The molecule has 2 fully saturated rings. The van der Waals surface area contributed by atoms with Gasteiger partial charge in [0.2, 0.25) is 11.8 Å². The zero-order valence-corrected chi connectivity index (χ0v) is 13.5. The third kappa shape index (κ3) is 4.32. The molecule has 2 unspecified atom stereocenters. The predicted octanol–water partition coefficient (Wildman–Crippen LogP) is 1.61. The zero-order valence-electron chi connectivity index (χ0n) is 13.5. The van der Waals surface area contributed by atoms with E-state index in [1.807, 2.05) is 35.2 Å². The van der Waals surface area contributed by atoms with Crippen molar-refractivity contribution in [1.82, 2.24) is 15.5 Å². The van der Waals surface area contributed by atoms with Crippen LogP contribution in [0.1, 0.15) is 43.7 Å². The molecular weight excluding hydrogens is 290 g/mol. The van der Waals surface area contributed by atoms with E-state index >= 15 is 0 Å². The molecule has 2 atom stereocenters. The van der Waals surface area contributed by atoms with Crippen LogP contribution in [0, 0.1) is 0 Å². The molecule has 2 N–H and O–H groups in total. The molecule has 5 nitrogen and oxygen atoms in total. The minimum absolute atomic E-state index is 0.0601. The average molecular weight is 315 g/mol. The van der Waals surface area contributed by atoms with Gasteiger partial charge in [0.05, 0.1) is 6.04 Å². The summed E-state index contributed by atoms with van der Waals surface area (Å²) < 4.78 is 0. The lowest BCUT2D eigenvalue weighted by atomic mass is 10.1. The van der Waals surface area contributed by atoms with E-state index in [9.17, 15) is 9.59 Å². The number of rotatable bonds is 6. The standard InChI is InChI=1S/C18H25N3O2/c22-17(12-15-8-4-10-19-15)20-16(14-6-2-1-3-7-14)13-21-11-5-9-18(21)23/h1-3,6-7,15-16,19H,4-5,8-13H2,(H,20,22). The zero-order chi connectivity index (χ0) is 16.1. The highest BCUT2D eigenvalue weighted by atomic mass is 16.2. The molecule has 1 aromatic carbocycles. The Labute approximate surface area is 137 Å². The monoisotopic (exact) mass is 315 g/mol. The third-order valence-electron chi connectivity index (χ3n) is 4.71. The Morgan fingerprint density at radius 3 is 2.78 bits per heavy atom. The van der Waals surface area contributed by atoms with Gasteiger partial charge in [0, 0.05) is 32.0 Å². The van der Waals surface area contributed by atoms with E-state index in [1.54, 1.807) is 0 Å². The maximum absolute atomic E-state index is 12.4. The number of hydrogen-bond donors (Lipinski definition) is 2. The van der Waals surface area contributed by atoms with Crippen molar-refractivity contribution in [2.45, 2.75) is 44.2 Å². The van der Waals surface area contributed by atoms with Gasteiger partial charge in [0.1, 0.15) is 0 Å². The van der Waals surface area contributed by atoms with E-state index < -0.39 is 0 Å². The summed E-state index contributed by atoms with van der Waals surface area (Å²) in [6.45, 7) is 2.36. The van der Waals surface area contributed by atoms with Gasteiger partial charge >= 0.3 is 0 Å². The molecule has 0 bridgehead atoms. The molecule has 2 amide bonds. The van der Waals surface area contributed by atoms with E-state index in [0.717, 1.165) is 37.9 Å². The van der Waals surface area contributed by atoms with Crippen LogP contribution in [0.2, 0.25) is 0 Å². The summed E-state index contributed by atoms with van der Waals surface area (Å²) >= 11 is 0. The molecule has 0 aliphatic carbocycles. The normalized spacial score (nSPS) is 22.3. The number of carbonyl (C=O) groups is 2. The Kier molecular flexibility index (Phi) is 5.28. The van der Waals surface area contributed by atoms with E-state index in [2.05, 4.69) is 10.6 Å². The number of hydrogen-bond acceptors (Lipinski definition) is 3. The molecule has 3 rings (SSSR count). The van der Waals surface area contributed by atoms with Crippen molar-refractivity contribution < 1.29 is 9.59 Å². The second-order valence-corrected chi connectivity index (χ2v) is 6.47. The first-order chi connectivity index (χ1) is 11.2. The Hall–Kier alpha value is -1.88. The lowest BCUT2D eigenvalue weighted by Crippen LogP contribution is -2.40. The average Bonchev–Trinajstić information content (AvgIpc) is 3.20. The van der Waals surface area contributed by atoms with Crippen molar-refractivity contribution in [2.75, 3.05) is 19.6 Å². The quantitative estimate of drug-likeness (QED) is 0.838. The molecule has 2 heterocycles. The lowest BCUT2D eigenvalue weighted by molar-refractivity contribution is -0.129. The molecule has 1 aromatic rings. The van der Waals surface area contributed by atoms with Crippen LogP contribution in [0.25, 0.3) is 0 Å². The summed E-state index contributed by atoms with van der Waals surface area (Å²) in [5.41, 5.74) is 1.06. The van der Waals surface area contributed by atoms with Gasteiger partial charge in [-0.15, -0.1) is 0 Å². The van der Waals surface area contributed by atoms with Crippen LogP contribution in [0.3, 0.4) is 0 Å². The first-order valence-electron chi connectivity index (χ1n) is 8.58. The van der Waals surface area contributed by atoms with Gasteiger partial charge in [-0.1, -0.05) is 30.3 Å². The van der Waals surface area contributed by atoms with Gasteiger partial charge in [-0.3, -0.25) is 9.59 Å². The fourth-order valence-corrected chi connectivity index (χ4v) is 3.45. The number of amides is 2. The van der Waals surface area contributed by atoms with Crippen LogP contribution < -0.4 is 10.6 Å². The molecule has 5 heteroatoms. The summed E-state index contributed by atoms with van der Waals surface area (Å²) in [5, 5.41) is 6.49. The topological polar surface area (TPSA) is 61.4 Å². The first kappa shape index (κ1) is 16.0. The van der Waals surface area contributed by atoms with E-state index in [-0.39, 0.29) is 17.9 Å². The smallest absolute Gasteiger partial charge is 0.222 e. The van der Waals surface area contributed by atoms with Crippen LogP contribution in [-0.4, -0.2) is 42.4 Å². The fourth-order valence-electron chi connectivity index (χ4n) is 3.45. The molecule has 0 spiro atoms. The summed E-state index contributed by atoms with van der Waals surface area (Å²) in [6, 6.07) is 10.1. The maximum atomic E-state index is 12.4. The van der Waals surface area contributed by atoms with Gasteiger partial charge in [-0.25, -0.2) is 0 Å². The summed E-state index contributed by atoms with van der Waals surface area (Å²) in [7, 11) is 0. The Bertz CT molecular complexity index is 540. The molecule has 0 radical (unpaired) electrons. The fraction of sp³-hybridized carbons (Fsp3) is 0.556. The van der Waals surface area contributed by atoms with Crippen LogP contribution >= 0.6 is 0 Å². The second kappa shape index (κ2) is 7.59. The van der Waals surface area contributed by atoms with Crippen LogP contribution in [0.15, 0.2) is 30.3 Å². The highest BCUT2D eigenvalue weighted by Gasteiger charge is 2.26. The highest BCUT2D eigenvalue weighted by molar-refractivity contribution is 5.79. The number of nitrogens with zero attached hydrogens (tertiary/aromatic N) is 1. The number of nitrogens with one attached hydrogen (secondary N) is 2. The third-order valence-corrected chi connectivity index (χ3v) is 4.71. The Morgan fingerprint density at radius 1 is 1.30 bits per heavy atom. The van der Waals surface area contributed by atoms with Gasteiger partial charge in [-0.2, -0.15) is 0 Å². The number of carbonyl (C=O) groups excluding carboxylic acids is 2. The second-order valence-electron chi connectivity index (χ2n) is 6.47. The van der Waals surface area contributed by atoms with Gasteiger partial charge in [0.25, 0.3) is 0 Å². The molecule has 124 valence electrons. The molecule has 2 saturated heterocycles. The summed E-state index contributed by atoms with van der Waals surface area (Å²) in [4.78, 5) is 26.2.